The molecule has 0 amide bonds. The van der Waals surface area contributed by atoms with Crippen molar-refractivity contribution in [3.63, 3.8) is 0 Å². The Labute approximate surface area is 94.6 Å². The SMILES string of the molecule is COc1cccc(-n2ncc(CN)c2C)c1. The first-order chi connectivity index (χ1) is 7.76. The minimum atomic E-state index is 0.510. The number of hydrogen-bond donors (Lipinski definition) is 1. The highest BCUT2D eigenvalue weighted by Gasteiger charge is 2.06. The first-order valence-electron chi connectivity index (χ1n) is 5.14. The Hall–Kier alpha value is -1.81. The van der Waals surface area contributed by atoms with Crippen LogP contribution in [-0.2, 0) is 6.54 Å². The number of nitrogens with zero attached hydrogens (tertiary/aromatic N) is 2. The van der Waals surface area contributed by atoms with E-state index in [0.29, 0.717) is 6.54 Å². The molecule has 2 N–H and O–H groups in total. The van der Waals surface area contributed by atoms with Crippen LogP contribution in [0.3, 0.4) is 0 Å². The number of hydrogen-bond acceptors (Lipinski definition) is 3. The zero-order valence-electron chi connectivity index (χ0n) is 9.47. The van der Waals surface area contributed by atoms with Gasteiger partial charge in [0, 0.05) is 23.9 Å². The molecule has 16 heavy (non-hydrogen) atoms. The average Bonchev–Trinajstić information content (AvgIpc) is 2.70. The highest BCUT2D eigenvalue weighted by Crippen LogP contribution is 2.18. The van der Waals surface area contributed by atoms with Crippen LogP contribution >= 0.6 is 0 Å². The molecule has 0 fully saturated rings. The number of benzene rings is 1. The zero-order chi connectivity index (χ0) is 11.5. The number of methoxy groups -OCH3 is 1. The summed E-state index contributed by atoms with van der Waals surface area (Å²) in [5.41, 5.74) is 8.73. The zero-order valence-corrected chi connectivity index (χ0v) is 9.47. The Balaban J connectivity index is 2.45. The van der Waals surface area contributed by atoms with Gasteiger partial charge in [-0.1, -0.05) is 6.07 Å². The molecule has 2 rings (SSSR count). The van der Waals surface area contributed by atoms with E-state index in [9.17, 15) is 0 Å². The molecule has 84 valence electrons. The molecule has 4 heteroatoms. The molecule has 0 spiro atoms. The van der Waals surface area contributed by atoms with Crippen LogP contribution in [0.25, 0.3) is 5.69 Å². The third kappa shape index (κ3) is 1.79. The van der Waals surface area contributed by atoms with Gasteiger partial charge < -0.3 is 10.5 Å². The molecule has 1 aromatic heterocycles. The lowest BCUT2D eigenvalue weighted by Gasteiger charge is -2.06. The third-order valence-corrected chi connectivity index (χ3v) is 2.63. The second-order valence-electron chi connectivity index (χ2n) is 3.57. The van der Waals surface area contributed by atoms with Crippen molar-refractivity contribution >= 4 is 0 Å². The molecular weight excluding hydrogens is 202 g/mol. The number of aromatic nitrogens is 2. The van der Waals surface area contributed by atoms with Gasteiger partial charge in [-0.05, 0) is 19.1 Å². The Morgan fingerprint density at radius 1 is 1.44 bits per heavy atom. The standard InChI is InChI=1S/C12H15N3O/c1-9-10(7-13)8-14-15(9)11-4-3-5-12(6-11)16-2/h3-6,8H,7,13H2,1-2H3. The highest BCUT2D eigenvalue weighted by atomic mass is 16.5. The maximum absolute atomic E-state index is 5.62. The van der Waals surface area contributed by atoms with Crippen LogP contribution in [0.15, 0.2) is 30.5 Å². The normalized spacial score (nSPS) is 10.4. The molecule has 0 unspecified atom stereocenters. The lowest BCUT2D eigenvalue weighted by molar-refractivity contribution is 0.414. The van der Waals surface area contributed by atoms with Gasteiger partial charge in [-0.25, -0.2) is 4.68 Å². The van der Waals surface area contributed by atoms with Gasteiger partial charge in [0.25, 0.3) is 0 Å². The van der Waals surface area contributed by atoms with E-state index in [-0.39, 0.29) is 0 Å². The van der Waals surface area contributed by atoms with Crippen molar-refractivity contribution < 1.29 is 4.74 Å². The minimum Gasteiger partial charge on any atom is -0.497 e. The minimum absolute atomic E-state index is 0.510. The second-order valence-corrected chi connectivity index (χ2v) is 3.57. The van der Waals surface area contributed by atoms with E-state index < -0.39 is 0 Å². The van der Waals surface area contributed by atoms with Gasteiger partial charge in [0.2, 0.25) is 0 Å². The molecule has 0 atom stereocenters. The third-order valence-electron chi connectivity index (χ3n) is 2.63. The summed E-state index contributed by atoms with van der Waals surface area (Å²) in [7, 11) is 1.65. The second kappa shape index (κ2) is 4.37. The molecule has 0 aliphatic heterocycles. The van der Waals surface area contributed by atoms with E-state index in [4.69, 9.17) is 10.5 Å². The summed E-state index contributed by atoms with van der Waals surface area (Å²) in [5.74, 6) is 0.821. The van der Waals surface area contributed by atoms with Gasteiger partial charge in [-0.15, -0.1) is 0 Å². The monoisotopic (exact) mass is 217 g/mol. The predicted molar refractivity (Wildman–Crippen MR) is 62.7 cm³/mol. The Morgan fingerprint density at radius 2 is 2.25 bits per heavy atom. The Morgan fingerprint density at radius 3 is 2.88 bits per heavy atom. The largest absolute Gasteiger partial charge is 0.497 e. The molecule has 0 aliphatic rings. The Bertz CT molecular complexity index is 491. The summed E-state index contributed by atoms with van der Waals surface area (Å²) in [5, 5.41) is 4.31. The van der Waals surface area contributed by atoms with Crippen LogP contribution in [0.5, 0.6) is 5.75 Å². The molecule has 1 aromatic carbocycles. The summed E-state index contributed by atoms with van der Waals surface area (Å²) >= 11 is 0. The van der Waals surface area contributed by atoms with E-state index in [1.165, 1.54) is 0 Å². The van der Waals surface area contributed by atoms with E-state index in [1.54, 1.807) is 13.3 Å². The summed E-state index contributed by atoms with van der Waals surface area (Å²) in [6.45, 7) is 2.52. The van der Waals surface area contributed by atoms with Crippen LogP contribution in [0.4, 0.5) is 0 Å². The molecule has 0 bridgehead atoms. The first kappa shape index (κ1) is 10.7. The van der Waals surface area contributed by atoms with Crippen molar-refractivity contribution in [3.8, 4) is 11.4 Å². The van der Waals surface area contributed by atoms with E-state index in [1.807, 2.05) is 35.9 Å². The molecule has 0 saturated heterocycles. The van der Waals surface area contributed by atoms with Crippen molar-refractivity contribution in [2.24, 2.45) is 5.73 Å². The number of nitrogens with two attached hydrogens (primary N) is 1. The van der Waals surface area contributed by atoms with Crippen LogP contribution in [0.1, 0.15) is 11.3 Å². The Kier molecular flexibility index (Phi) is 2.92. The highest BCUT2D eigenvalue weighted by molar-refractivity contribution is 5.40. The van der Waals surface area contributed by atoms with Crippen molar-refractivity contribution in [2.45, 2.75) is 13.5 Å². The summed E-state index contributed by atoms with van der Waals surface area (Å²) in [6, 6.07) is 7.78. The summed E-state index contributed by atoms with van der Waals surface area (Å²) in [4.78, 5) is 0. The van der Waals surface area contributed by atoms with Gasteiger partial charge >= 0.3 is 0 Å². The maximum atomic E-state index is 5.62. The molecule has 0 radical (unpaired) electrons. The smallest absolute Gasteiger partial charge is 0.121 e. The molecular formula is C12H15N3O. The predicted octanol–water partition coefficient (Wildman–Crippen LogP) is 1.65. The van der Waals surface area contributed by atoms with Crippen molar-refractivity contribution in [3.05, 3.63) is 41.7 Å². The molecule has 0 saturated carbocycles. The molecule has 1 heterocycles. The quantitative estimate of drug-likeness (QED) is 0.850. The van der Waals surface area contributed by atoms with E-state index >= 15 is 0 Å². The fraction of sp³-hybridized carbons (Fsp3) is 0.250. The van der Waals surface area contributed by atoms with Gasteiger partial charge in [0.15, 0.2) is 0 Å². The van der Waals surface area contributed by atoms with Crippen molar-refractivity contribution in [1.82, 2.24) is 9.78 Å². The van der Waals surface area contributed by atoms with Gasteiger partial charge in [0.05, 0.1) is 19.0 Å². The average molecular weight is 217 g/mol. The van der Waals surface area contributed by atoms with E-state index in [0.717, 1.165) is 22.7 Å². The number of rotatable bonds is 3. The van der Waals surface area contributed by atoms with Gasteiger partial charge in [-0.3, -0.25) is 0 Å². The van der Waals surface area contributed by atoms with Gasteiger partial charge in [0.1, 0.15) is 5.75 Å². The molecule has 2 aromatic rings. The lowest BCUT2D eigenvalue weighted by Crippen LogP contribution is -2.02. The van der Waals surface area contributed by atoms with Gasteiger partial charge in [-0.2, -0.15) is 5.10 Å². The van der Waals surface area contributed by atoms with E-state index in [2.05, 4.69) is 5.10 Å². The van der Waals surface area contributed by atoms with Crippen molar-refractivity contribution in [2.75, 3.05) is 7.11 Å². The molecule has 4 nitrogen and oxygen atoms in total. The molecule has 0 aliphatic carbocycles. The topological polar surface area (TPSA) is 53.1 Å². The fourth-order valence-electron chi connectivity index (χ4n) is 1.65. The fourth-order valence-corrected chi connectivity index (χ4v) is 1.65. The lowest BCUT2D eigenvalue weighted by atomic mass is 10.2. The summed E-state index contributed by atoms with van der Waals surface area (Å²) < 4.78 is 7.05. The van der Waals surface area contributed by atoms with Crippen LogP contribution in [0.2, 0.25) is 0 Å². The van der Waals surface area contributed by atoms with Crippen LogP contribution in [0, 0.1) is 6.92 Å². The first-order valence-corrected chi connectivity index (χ1v) is 5.14. The summed E-state index contributed by atoms with van der Waals surface area (Å²) in [6.07, 6.45) is 1.80. The van der Waals surface area contributed by atoms with Crippen LogP contribution in [-0.4, -0.2) is 16.9 Å². The maximum Gasteiger partial charge on any atom is 0.121 e. The number of ether oxygens (including phenoxy) is 1. The van der Waals surface area contributed by atoms with Crippen LogP contribution < -0.4 is 10.5 Å². The van der Waals surface area contributed by atoms with Crippen molar-refractivity contribution in [1.29, 1.82) is 0 Å².